The maximum atomic E-state index is 12.2. The van der Waals surface area contributed by atoms with Crippen LogP contribution in [-0.2, 0) is 6.54 Å². The number of carboxylic acids is 1. The van der Waals surface area contributed by atoms with Crippen LogP contribution >= 0.6 is 0 Å². The van der Waals surface area contributed by atoms with Crippen LogP contribution in [0.5, 0.6) is 0 Å². The number of carbonyl (C=O) groups is 1. The molecule has 0 unspecified atom stereocenters. The molecule has 0 fully saturated rings. The highest BCUT2D eigenvalue weighted by molar-refractivity contribution is 5.88. The average Bonchev–Trinajstić information content (AvgIpc) is 3.10. The first-order chi connectivity index (χ1) is 12.6. The number of fused-ring (bicyclic) bond motifs is 1. The first-order valence-electron chi connectivity index (χ1n) is 7.94. The van der Waals surface area contributed by atoms with E-state index in [4.69, 9.17) is 5.11 Å². The lowest BCUT2D eigenvalue weighted by Crippen LogP contribution is -2.14. The Labute approximate surface area is 147 Å². The van der Waals surface area contributed by atoms with E-state index in [-0.39, 0.29) is 11.1 Å². The number of para-hydroxylation sites is 1. The highest BCUT2D eigenvalue weighted by Crippen LogP contribution is 2.19. The lowest BCUT2D eigenvalue weighted by molar-refractivity contribution is 0.0697. The highest BCUT2D eigenvalue weighted by Gasteiger charge is 2.10. The van der Waals surface area contributed by atoms with E-state index in [1.165, 1.54) is 12.1 Å². The van der Waals surface area contributed by atoms with Gasteiger partial charge in [-0.05, 0) is 24.3 Å². The van der Waals surface area contributed by atoms with E-state index in [2.05, 4.69) is 15.0 Å². The number of nitrogens with one attached hydrogen (secondary N) is 1. The summed E-state index contributed by atoms with van der Waals surface area (Å²) < 4.78 is 1.85. The van der Waals surface area contributed by atoms with Gasteiger partial charge in [0, 0.05) is 18.0 Å². The molecule has 7 nitrogen and oxygen atoms in total. The third-order valence-corrected chi connectivity index (χ3v) is 4.09. The quantitative estimate of drug-likeness (QED) is 0.591. The van der Waals surface area contributed by atoms with Crippen LogP contribution in [0.15, 0.2) is 65.7 Å². The van der Waals surface area contributed by atoms with Gasteiger partial charge in [0.2, 0.25) is 0 Å². The van der Waals surface area contributed by atoms with Gasteiger partial charge in [-0.2, -0.15) is 0 Å². The van der Waals surface area contributed by atoms with Gasteiger partial charge in [0.05, 0.1) is 23.0 Å². The van der Waals surface area contributed by atoms with Crippen molar-refractivity contribution in [3.8, 4) is 11.4 Å². The van der Waals surface area contributed by atoms with Crippen molar-refractivity contribution in [1.29, 1.82) is 0 Å². The Morgan fingerprint density at radius 1 is 1.12 bits per heavy atom. The number of rotatable bonds is 4. The number of aromatic nitrogens is 4. The van der Waals surface area contributed by atoms with Gasteiger partial charge in [-0.3, -0.25) is 4.79 Å². The molecule has 0 atom stereocenters. The number of H-pyrrole nitrogens is 1. The van der Waals surface area contributed by atoms with Crippen LogP contribution in [0.1, 0.15) is 16.2 Å². The number of aromatic amines is 1. The van der Waals surface area contributed by atoms with Gasteiger partial charge in [0.1, 0.15) is 11.6 Å². The molecular formula is C19H14N4O3. The predicted molar refractivity (Wildman–Crippen MR) is 96.1 cm³/mol. The summed E-state index contributed by atoms with van der Waals surface area (Å²) in [7, 11) is 0. The molecule has 0 bridgehead atoms. The van der Waals surface area contributed by atoms with Gasteiger partial charge in [-0.15, -0.1) is 0 Å². The minimum atomic E-state index is -0.974. The van der Waals surface area contributed by atoms with E-state index in [1.54, 1.807) is 42.7 Å². The Bertz CT molecular complexity index is 1160. The summed E-state index contributed by atoms with van der Waals surface area (Å²) in [6, 6.07) is 13.7. The Morgan fingerprint density at radius 3 is 2.65 bits per heavy atom. The largest absolute Gasteiger partial charge is 0.478 e. The summed E-state index contributed by atoms with van der Waals surface area (Å²) in [5.74, 6) is 0.214. The van der Waals surface area contributed by atoms with Crippen molar-refractivity contribution < 1.29 is 9.90 Å². The summed E-state index contributed by atoms with van der Waals surface area (Å²) in [6.45, 7) is 0.343. The second-order valence-electron chi connectivity index (χ2n) is 5.79. The van der Waals surface area contributed by atoms with Crippen LogP contribution in [0.25, 0.3) is 22.3 Å². The van der Waals surface area contributed by atoms with Gasteiger partial charge in [-0.25, -0.2) is 14.8 Å². The summed E-state index contributed by atoms with van der Waals surface area (Å²) in [6.07, 6.45) is 3.44. The van der Waals surface area contributed by atoms with Gasteiger partial charge >= 0.3 is 5.97 Å². The fourth-order valence-corrected chi connectivity index (χ4v) is 2.83. The molecule has 128 valence electrons. The maximum Gasteiger partial charge on any atom is 0.335 e. The van der Waals surface area contributed by atoms with E-state index in [9.17, 15) is 9.59 Å². The second kappa shape index (κ2) is 6.29. The third-order valence-electron chi connectivity index (χ3n) is 4.09. The molecule has 0 radical (unpaired) electrons. The summed E-state index contributed by atoms with van der Waals surface area (Å²) in [5.41, 5.74) is 1.45. The van der Waals surface area contributed by atoms with Crippen LogP contribution in [0.3, 0.4) is 0 Å². The van der Waals surface area contributed by atoms with Crippen molar-refractivity contribution in [3.05, 3.63) is 82.7 Å². The number of carboxylic acid groups (broad SMARTS) is 1. The minimum Gasteiger partial charge on any atom is -0.478 e. The van der Waals surface area contributed by atoms with Gasteiger partial charge in [0.15, 0.2) is 0 Å². The molecule has 0 aliphatic rings. The smallest absolute Gasteiger partial charge is 0.335 e. The zero-order valence-corrected chi connectivity index (χ0v) is 13.6. The van der Waals surface area contributed by atoms with Crippen molar-refractivity contribution in [2.75, 3.05) is 0 Å². The summed E-state index contributed by atoms with van der Waals surface area (Å²) >= 11 is 0. The zero-order valence-electron chi connectivity index (χ0n) is 13.6. The molecule has 4 rings (SSSR count). The van der Waals surface area contributed by atoms with Crippen LogP contribution in [0.4, 0.5) is 0 Å². The van der Waals surface area contributed by atoms with E-state index >= 15 is 0 Å². The lowest BCUT2D eigenvalue weighted by Gasteiger charge is -2.08. The first kappa shape index (κ1) is 15.8. The van der Waals surface area contributed by atoms with Crippen LogP contribution in [-0.4, -0.2) is 30.6 Å². The molecule has 2 aromatic carbocycles. The van der Waals surface area contributed by atoms with E-state index in [0.29, 0.717) is 29.1 Å². The number of nitrogens with zero attached hydrogens (tertiary/aromatic N) is 3. The molecule has 0 saturated heterocycles. The van der Waals surface area contributed by atoms with E-state index in [0.717, 1.165) is 5.56 Å². The molecule has 0 aliphatic heterocycles. The number of benzene rings is 2. The van der Waals surface area contributed by atoms with Gasteiger partial charge in [-0.1, -0.05) is 24.3 Å². The average molecular weight is 346 g/mol. The first-order valence-corrected chi connectivity index (χ1v) is 7.94. The molecular weight excluding hydrogens is 332 g/mol. The topological polar surface area (TPSA) is 101 Å². The van der Waals surface area contributed by atoms with E-state index in [1.807, 2.05) is 10.6 Å². The molecule has 0 aliphatic carbocycles. The monoisotopic (exact) mass is 346 g/mol. The molecule has 2 heterocycles. The number of aromatic carboxylic acids is 1. The van der Waals surface area contributed by atoms with Crippen molar-refractivity contribution >= 4 is 16.9 Å². The fraction of sp³-hybridized carbons (Fsp3) is 0.0526. The van der Waals surface area contributed by atoms with Crippen LogP contribution in [0.2, 0.25) is 0 Å². The van der Waals surface area contributed by atoms with Gasteiger partial charge in [0.25, 0.3) is 5.56 Å². The molecule has 7 heteroatoms. The summed E-state index contributed by atoms with van der Waals surface area (Å²) in [5, 5.41) is 9.55. The van der Waals surface area contributed by atoms with Crippen molar-refractivity contribution in [2.24, 2.45) is 0 Å². The molecule has 26 heavy (non-hydrogen) atoms. The zero-order chi connectivity index (χ0) is 18.1. The molecule has 0 saturated carbocycles. The maximum absolute atomic E-state index is 12.2. The Morgan fingerprint density at radius 2 is 1.88 bits per heavy atom. The predicted octanol–water partition coefficient (Wildman–Crippen LogP) is 2.53. The Balaban J connectivity index is 1.69. The molecule has 2 aromatic heterocycles. The molecule has 0 spiro atoms. The fourth-order valence-electron chi connectivity index (χ4n) is 2.83. The second-order valence-corrected chi connectivity index (χ2v) is 5.79. The number of hydrogen-bond acceptors (Lipinski definition) is 4. The summed E-state index contributed by atoms with van der Waals surface area (Å²) in [4.78, 5) is 34.8. The number of imidazole rings is 1. The molecule has 2 N–H and O–H groups in total. The van der Waals surface area contributed by atoms with Crippen LogP contribution in [0, 0.1) is 0 Å². The normalized spacial score (nSPS) is 10.9. The Hall–Kier alpha value is -3.74. The highest BCUT2D eigenvalue weighted by atomic mass is 16.4. The SMILES string of the molecule is O=C(O)c1ccc(-c2nccn2Cc2nc3ccccc3c(=O)[nH]2)cc1. The van der Waals surface area contributed by atoms with Gasteiger partial charge < -0.3 is 14.7 Å². The standard InChI is InChI=1S/C19H14N4O3/c24-18-14-3-1-2-4-15(14)21-16(22-18)11-23-10-9-20-17(23)12-5-7-13(8-6-12)19(25)26/h1-10H,11H2,(H,25,26)(H,21,22,24). The van der Waals surface area contributed by atoms with Crippen molar-refractivity contribution in [3.63, 3.8) is 0 Å². The molecule has 4 aromatic rings. The molecule has 0 amide bonds. The number of hydrogen-bond donors (Lipinski definition) is 2. The van der Waals surface area contributed by atoms with Crippen molar-refractivity contribution in [1.82, 2.24) is 19.5 Å². The Kier molecular flexibility index (Phi) is 3.81. The van der Waals surface area contributed by atoms with Crippen molar-refractivity contribution in [2.45, 2.75) is 6.54 Å². The van der Waals surface area contributed by atoms with E-state index < -0.39 is 5.97 Å². The third kappa shape index (κ3) is 2.86. The lowest BCUT2D eigenvalue weighted by atomic mass is 10.1. The van der Waals surface area contributed by atoms with Crippen LogP contribution < -0.4 is 5.56 Å². The minimum absolute atomic E-state index is 0.182.